The summed E-state index contributed by atoms with van der Waals surface area (Å²) < 4.78 is 14.0. The van der Waals surface area contributed by atoms with Crippen molar-refractivity contribution in [2.24, 2.45) is 4.99 Å². The van der Waals surface area contributed by atoms with Gasteiger partial charge in [-0.2, -0.15) is 4.99 Å². The van der Waals surface area contributed by atoms with E-state index >= 15 is 0 Å². The van der Waals surface area contributed by atoms with Crippen LogP contribution in [-0.4, -0.2) is 28.6 Å². The average Bonchev–Trinajstić information content (AvgIpc) is 3.02. The second kappa shape index (κ2) is 7.51. The summed E-state index contributed by atoms with van der Waals surface area (Å²) in [6, 6.07) is 8.08. The fourth-order valence-corrected chi connectivity index (χ4v) is 4.14. The Morgan fingerprint density at radius 3 is 2.72 bits per heavy atom. The van der Waals surface area contributed by atoms with E-state index in [4.69, 9.17) is 9.47 Å². The minimum atomic E-state index is -0.547. The number of nitro groups is 1. The van der Waals surface area contributed by atoms with Crippen LogP contribution >= 0.6 is 11.3 Å². The van der Waals surface area contributed by atoms with Crippen molar-refractivity contribution in [3.8, 4) is 11.5 Å². The maximum atomic E-state index is 12.7. The number of hydrogen-bond acceptors (Lipinski definition) is 6. The van der Waals surface area contributed by atoms with Gasteiger partial charge in [-0.1, -0.05) is 23.5 Å². The molecule has 9 heteroatoms. The normalized spacial score (nSPS) is 13.5. The number of rotatable bonds is 4. The second-order valence-corrected chi connectivity index (χ2v) is 7.43. The van der Waals surface area contributed by atoms with Crippen molar-refractivity contribution in [3.05, 3.63) is 69.0 Å². The summed E-state index contributed by atoms with van der Waals surface area (Å²) in [5.41, 5.74) is 1.39. The van der Waals surface area contributed by atoms with Crippen molar-refractivity contribution >= 4 is 33.1 Å². The Labute approximate surface area is 169 Å². The topological polar surface area (TPSA) is 96.0 Å². The zero-order valence-corrected chi connectivity index (χ0v) is 16.4. The number of thiazole rings is 1. The number of fused-ring (bicyclic) bond motifs is 2. The van der Waals surface area contributed by atoms with E-state index in [1.165, 1.54) is 17.4 Å². The third-order valence-electron chi connectivity index (χ3n) is 4.51. The molecule has 1 aromatic heterocycles. The summed E-state index contributed by atoms with van der Waals surface area (Å²) in [7, 11) is 0. The van der Waals surface area contributed by atoms with Crippen LogP contribution in [-0.2, 0) is 6.54 Å². The molecule has 8 nitrogen and oxygen atoms in total. The number of carbonyl (C=O) groups excluding carboxylic acids is 1. The summed E-state index contributed by atoms with van der Waals surface area (Å²) in [6.45, 7) is 6.81. The lowest BCUT2D eigenvalue weighted by Crippen LogP contribution is -2.17. The molecule has 0 aliphatic carbocycles. The van der Waals surface area contributed by atoms with Crippen LogP contribution in [0.25, 0.3) is 10.2 Å². The quantitative estimate of drug-likeness (QED) is 0.371. The Morgan fingerprint density at radius 1 is 1.31 bits per heavy atom. The molecule has 0 atom stereocenters. The van der Waals surface area contributed by atoms with E-state index in [0.29, 0.717) is 41.6 Å². The van der Waals surface area contributed by atoms with Gasteiger partial charge in [0, 0.05) is 35.9 Å². The highest BCUT2D eigenvalue weighted by molar-refractivity contribution is 7.16. The van der Waals surface area contributed by atoms with Gasteiger partial charge in [0.05, 0.1) is 15.1 Å². The third kappa shape index (κ3) is 3.52. The summed E-state index contributed by atoms with van der Waals surface area (Å²) in [4.78, 5) is 28.1. The van der Waals surface area contributed by atoms with E-state index in [0.717, 1.165) is 10.2 Å². The molecule has 1 amide bonds. The van der Waals surface area contributed by atoms with Crippen molar-refractivity contribution in [1.29, 1.82) is 0 Å². The molecule has 0 saturated carbocycles. The summed E-state index contributed by atoms with van der Waals surface area (Å²) >= 11 is 1.33. The summed E-state index contributed by atoms with van der Waals surface area (Å²) in [5, 5.41) is 11.2. The van der Waals surface area contributed by atoms with E-state index in [1.807, 2.05) is 16.7 Å². The molecule has 29 heavy (non-hydrogen) atoms. The molecule has 148 valence electrons. The molecule has 0 bridgehead atoms. The average molecular weight is 411 g/mol. The van der Waals surface area contributed by atoms with Crippen LogP contribution in [0.15, 0.2) is 48.0 Å². The SMILES string of the molecule is C=CCn1c(=NC(=O)c2ccc(C)c([N+](=O)[O-])c2)sc2cc3c(cc21)OCCO3. The van der Waals surface area contributed by atoms with Crippen molar-refractivity contribution < 1.29 is 19.2 Å². The van der Waals surface area contributed by atoms with Crippen molar-refractivity contribution in [3.63, 3.8) is 0 Å². The molecule has 0 unspecified atom stereocenters. The molecule has 1 aliphatic rings. The molecule has 2 aromatic carbocycles. The molecule has 2 heterocycles. The fraction of sp³-hybridized carbons (Fsp3) is 0.200. The number of nitrogens with zero attached hydrogens (tertiary/aromatic N) is 3. The Kier molecular flexibility index (Phi) is 4.89. The van der Waals surface area contributed by atoms with Crippen molar-refractivity contribution in [2.45, 2.75) is 13.5 Å². The number of hydrogen-bond donors (Lipinski definition) is 0. The third-order valence-corrected chi connectivity index (χ3v) is 5.55. The van der Waals surface area contributed by atoms with Crippen LogP contribution in [0.2, 0.25) is 0 Å². The highest BCUT2D eigenvalue weighted by atomic mass is 32.1. The van der Waals surface area contributed by atoms with E-state index in [9.17, 15) is 14.9 Å². The number of aromatic nitrogens is 1. The summed E-state index contributed by atoms with van der Waals surface area (Å²) in [5.74, 6) is 0.754. The van der Waals surface area contributed by atoms with Gasteiger partial charge in [-0.15, -0.1) is 6.58 Å². The largest absolute Gasteiger partial charge is 0.486 e. The first kappa shape index (κ1) is 18.9. The Hall–Kier alpha value is -3.46. The van der Waals surface area contributed by atoms with Crippen LogP contribution in [0.1, 0.15) is 15.9 Å². The fourth-order valence-electron chi connectivity index (χ4n) is 3.09. The number of amides is 1. The first-order valence-corrected chi connectivity index (χ1v) is 9.67. The number of nitro benzene ring substituents is 1. The maximum Gasteiger partial charge on any atom is 0.279 e. The van der Waals surface area contributed by atoms with Gasteiger partial charge in [0.2, 0.25) is 0 Å². The molecule has 3 aromatic rings. The van der Waals surface area contributed by atoms with Gasteiger partial charge < -0.3 is 14.0 Å². The number of benzene rings is 2. The van der Waals surface area contributed by atoms with E-state index in [-0.39, 0.29) is 11.3 Å². The molecular formula is C20H17N3O5S. The van der Waals surface area contributed by atoms with Crippen molar-refractivity contribution in [1.82, 2.24) is 4.57 Å². The maximum absolute atomic E-state index is 12.7. The van der Waals surface area contributed by atoms with E-state index in [2.05, 4.69) is 11.6 Å². The minimum absolute atomic E-state index is 0.108. The van der Waals surface area contributed by atoms with Crippen LogP contribution < -0.4 is 14.3 Å². The molecule has 0 N–H and O–H groups in total. The van der Waals surface area contributed by atoms with Gasteiger partial charge in [-0.3, -0.25) is 14.9 Å². The minimum Gasteiger partial charge on any atom is -0.486 e. The molecule has 0 radical (unpaired) electrons. The Morgan fingerprint density at radius 2 is 2.03 bits per heavy atom. The van der Waals surface area contributed by atoms with Gasteiger partial charge in [0.25, 0.3) is 11.6 Å². The lowest BCUT2D eigenvalue weighted by Gasteiger charge is -2.18. The van der Waals surface area contributed by atoms with E-state index in [1.54, 1.807) is 25.1 Å². The lowest BCUT2D eigenvalue weighted by atomic mass is 10.1. The van der Waals surface area contributed by atoms with Crippen LogP contribution in [0.5, 0.6) is 11.5 Å². The Balaban J connectivity index is 1.84. The number of carbonyl (C=O) groups is 1. The molecule has 0 fully saturated rings. The standard InChI is InChI=1S/C20H17N3O5S/c1-3-6-22-15-10-16-17(28-8-7-27-16)11-18(15)29-20(22)21-19(24)13-5-4-12(2)14(9-13)23(25)26/h3-5,9-11H,1,6-8H2,2H3. The molecule has 0 saturated heterocycles. The van der Waals surface area contributed by atoms with Gasteiger partial charge in [-0.05, 0) is 13.0 Å². The zero-order chi connectivity index (χ0) is 20.5. The van der Waals surface area contributed by atoms with Crippen LogP contribution in [0, 0.1) is 17.0 Å². The first-order chi connectivity index (χ1) is 14.0. The first-order valence-electron chi connectivity index (χ1n) is 8.86. The van der Waals surface area contributed by atoms with Gasteiger partial charge in [0.15, 0.2) is 16.3 Å². The predicted molar refractivity (Wildman–Crippen MR) is 109 cm³/mol. The van der Waals surface area contributed by atoms with Gasteiger partial charge in [0.1, 0.15) is 13.2 Å². The smallest absolute Gasteiger partial charge is 0.279 e. The number of aryl methyl sites for hydroxylation is 1. The predicted octanol–water partition coefficient (Wildman–Crippen LogP) is 3.62. The van der Waals surface area contributed by atoms with Crippen LogP contribution in [0.4, 0.5) is 5.69 Å². The Bertz CT molecular complexity index is 1220. The van der Waals surface area contributed by atoms with Crippen LogP contribution in [0.3, 0.4) is 0 Å². The van der Waals surface area contributed by atoms with E-state index < -0.39 is 10.8 Å². The number of ether oxygens (including phenoxy) is 2. The molecule has 0 spiro atoms. The van der Waals surface area contributed by atoms with Crippen molar-refractivity contribution in [2.75, 3.05) is 13.2 Å². The second-order valence-electron chi connectivity index (χ2n) is 6.42. The molecular weight excluding hydrogens is 394 g/mol. The lowest BCUT2D eigenvalue weighted by molar-refractivity contribution is -0.385. The zero-order valence-electron chi connectivity index (χ0n) is 15.6. The van der Waals surface area contributed by atoms with Gasteiger partial charge in [-0.25, -0.2) is 0 Å². The van der Waals surface area contributed by atoms with Gasteiger partial charge >= 0.3 is 0 Å². The monoisotopic (exact) mass is 411 g/mol. The molecule has 4 rings (SSSR count). The molecule has 1 aliphatic heterocycles. The number of allylic oxidation sites excluding steroid dienone is 1. The summed E-state index contributed by atoms with van der Waals surface area (Å²) in [6.07, 6.45) is 1.71. The highest BCUT2D eigenvalue weighted by Gasteiger charge is 2.18. The highest BCUT2D eigenvalue weighted by Crippen LogP contribution is 2.35.